The third kappa shape index (κ3) is 3.67. The summed E-state index contributed by atoms with van der Waals surface area (Å²) in [6.45, 7) is 1.08. The lowest BCUT2D eigenvalue weighted by Crippen LogP contribution is -2.35. The Morgan fingerprint density at radius 3 is 2.38 bits per heavy atom. The van der Waals surface area contributed by atoms with Crippen molar-refractivity contribution in [2.24, 2.45) is 0 Å². The van der Waals surface area contributed by atoms with E-state index in [-0.39, 0.29) is 17.0 Å². The molecule has 0 saturated heterocycles. The van der Waals surface area contributed by atoms with Crippen molar-refractivity contribution >= 4 is 28.6 Å². The first-order valence-corrected chi connectivity index (χ1v) is 9.18. The van der Waals surface area contributed by atoms with Crippen LogP contribution in [0.3, 0.4) is 0 Å². The summed E-state index contributed by atoms with van der Waals surface area (Å²) in [6.07, 6.45) is 7.15. The second-order valence-corrected chi connectivity index (χ2v) is 6.91. The average Bonchev–Trinajstić information content (AvgIpc) is 2.85. The molecule has 3 aromatic rings. The molecule has 1 aromatic heterocycles. The van der Waals surface area contributed by atoms with Crippen molar-refractivity contribution in [1.29, 1.82) is 0 Å². The monoisotopic (exact) mass is 433 g/mol. The number of aromatic nitrogens is 2. The third-order valence-corrected chi connectivity index (χ3v) is 5.13. The SMILES string of the molecule is Br.COc1ccc(-n2c(-c3ccc(Cl)cc3)c[n+]3c2CCCCC3)cc1. The van der Waals surface area contributed by atoms with E-state index in [2.05, 4.69) is 39.6 Å². The first kappa shape index (κ1) is 19.0. The van der Waals surface area contributed by atoms with Crippen LogP contribution in [0.1, 0.15) is 25.1 Å². The fraction of sp³-hybridized carbons (Fsp3) is 0.286. The minimum atomic E-state index is 0. The van der Waals surface area contributed by atoms with Crippen LogP contribution in [-0.4, -0.2) is 11.7 Å². The Hall–Kier alpha value is -1.78. The molecule has 0 bridgehead atoms. The van der Waals surface area contributed by atoms with Crippen LogP contribution in [0.5, 0.6) is 5.75 Å². The van der Waals surface area contributed by atoms with Gasteiger partial charge >= 0.3 is 0 Å². The summed E-state index contributed by atoms with van der Waals surface area (Å²) >= 11 is 6.09. The van der Waals surface area contributed by atoms with Gasteiger partial charge in [0, 0.05) is 17.0 Å². The highest BCUT2D eigenvalue weighted by atomic mass is 79.9. The van der Waals surface area contributed by atoms with E-state index in [1.807, 2.05) is 24.3 Å². The fourth-order valence-corrected chi connectivity index (χ4v) is 3.71. The maximum absolute atomic E-state index is 6.09. The number of hydrogen-bond donors (Lipinski definition) is 0. The van der Waals surface area contributed by atoms with Gasteiger partial charge in [0.2, 0.25) is 0 Å². The van der Waals surface area contributed by atoms with E-state index in [0.29, 0.717) is 0 Å². The third-order valence-electron chi connectivity index (χ3n) is 4.88. The zero-order chi connectivity index (χ0) is 17.2. The van der Waals surface area contributed by atoms with E-state index in [1.54, 1.807) is 7.11 Å². The van der Waals surface area contributed by atoms with Gasteiger partial charge in [-0.3, -0.25) is 0 Å². The van der Waals surface area contributed by atoms with Gasteiger partial charge in [0.15, 0.2) is 5.69 Å². The molecular weight excluding hydrogens is 412 g/mol. The van der Waals surface area contributed by atoms with E-state index in [0.717, 1.165) is 23.7 Å². The number of hydrogen-bond acceptors (Lipinski definition) is 1. The van der Waals surface area contributed by atoms with Gasteiger partial charge in [0.05, 0.1) is 13.7 Å². The van der Waals surface area contributed by atoms with Crippen molar-refractivity contribution in [1.82, 2.24) is 4.57 Å². The Kier molecular flexibility index (Phi) is 6.05. The molecule has 0 atom stereocenters. The molecule has 1 aliphatic rings. The minimum Gasteiger partial charge on any atom is -0.497 e. The number of benzene rings is 2. The van der Waals surface area contributed by atoms with Crippen LogP contribution < -0.4 is 9.30 Å². The average molecular weight is 435 g/mol. The van der Waals surface area contributed by atoms with Crippen molar-refractivity contribution < 1.29 is 9.30 Å². The molecule has 26 heavy (non-hydrogen) atoms. The zero-order valence-corrected chi connectivity index (χ0v) is 17.3. The van der Waals surface area contributed by atoms with Crippen LogP contribution in [0.2, 0.25) is 5.02 Å². The van der Waals surface area contributed by atoms with Crippen LogP contribution in [0.4, 0.5) is 0 Å². The molecule has 0 saturated carbocycles. The smallest absolute Gasteiger partial charge is 0.262 e. The number of fused-ring (bicyclic) bond motifs is 1. The Bertz CT molecular complexity index is 872. The minimum absolute atomic E-state index is 0. The summed E-state index contributed by atoms with van der Waals surface area (Å²) in [5.41, 5.74) is 3.56. The molecule has 0 unspecified atom stereocenters. The lowest BCUT2D eigenvalue weighted by molar-refractivity contribution is -0.702. The summed E-state index contributed by atoms with van der Waals surface area (Å²) in [5.74, 6) is 2.25. The van der Waals surface area contributed by atoms with Gasteiger partial charge in [-0.1, -0.05) is 11.6 Å². The van der Waals surface area contributed by atoms with Crippen molar-refractivity contribution in [3.8, 4) is 22.7 Å². The van der Waals surface area contributed by atoms with Crippen molar-refractivity contribution in [3.63, 3.8) is 0 Å². The maximum Gasteiger partial charge on any atom is 0.262 e. The Balaban J connectivity index is 0.00000196. The maximum atomic E-state index is 6.09. The summed E-state index contributed by atoms with van der Waals surface area (Å²) in [7, 11) is 1.70. The van der Waals surface area contributed by atoms with Crippen LogP contribution in [-0.2, 0) is 13.0 Å². The largest absolute Gasteiger partial charge is 0.497 e. The lowest BCUT2D eigenvalue weighted by atomic mass is 10.1. The number of halogens is 2. The lowest BCUT2D eigenvalue weighted by Gasteiger charge is -2.07. The van der Waals surface area contributed by atoms with Crippen LogP contribution >= 0.6 is 28.6 Å². The summed E-state index contributed by atoms with van der Waals surface area (Å²) in [4.78, 5) is 0. The normalized spacial score (nSPS) is 13.5. The predicted octanol–water partition coefficient (Wildman–Crippen LogP) is 5.40. The predicted molar refractivity (Wildman–Crippen MR) is 111 cm³/mol. The van der Waals surface area contributed by atoms with E-state index in [9.17, 15) is 0 Å². The molecule has 136 valence electrons. The summed E-state index contributed by atoms with van der Waals surface area (Å²) < 4.78 is 10.1. The van der Waals surface area contributed by atoms with Crippen LogP contribution in [0.15, 0.2) is 54.7 Å². The van der Waals surface area contributed by atoms with Gasteiger partial charge in [-0.05, 0) is 67.8 Å². The number of ether oxygens (including phenoxy) is 1. The second kappa shape index (κ2) is 8.28. The number of imidazole rings is 1. The van der Waals surface area contributed by atoms with E-state index in [4.69, 9.17) is 16.3 Å². The number of nitrogens with zero attached hydrogens (tertiary/aromatic N) is 2. The van der Waals surface area contributed by atoms with Gasteiger partial charge in [-0.2, -0.15) is 4.57 Å². The number of aryl methyl sites for hydroxylation is 1. The highest BCUT2D eigenvalue weighted by molar-refractivity contribution is 8.93. The molecule has 0 aliphatic carbocycles. The molecule has 0 amide bonds. The van der Waals surface area contributed by atoms with Crippen molar-refractivity contribution in [3.05, 3.63) is 65.6 Å². The zero-order valence-electron chi connectivity index (χ0n) is 14.8. The van der Waals surface area contributed by atoms with Crippen molar-refractivity contribution in [2.45, 2.75) is 32.2 Å². The van der Waals surface area contributed by atoms with Gasteiger partial charge in [0.1, 0.15) is 17.6 Å². The molecule has 0 fully saturated rings. The van der Waals surface area contributed by atoms with Crippen LogP contribution in [0, 0.1) is 0 Å². The standard InChI is InChI=1S/C21H22ClN2O.BrH/c1-25-19-12-10-18(11-13-19)24-20(16-6-8-17(22)9-7-16)15-23-14-4-2-3-5-21(23)24;/h6-13,15H,2-5,14H2,1H3;1H/q+1;. The van der Waals surface area contributed by atoms with Gasteiger partial charge in [0.25, 0.3) is 5.82 Å². The van der Waals surface area contributed by atoms with Crippen LogP contribution in [0.25, 0.3) is 16.9 Å². The summed E-state index contributed by atoms with van der Waals surface area (Å²) in [6, 6.07) is 16.4. The molecule has 2 heterocycles. The first-order chi connectivity index (χ1) is 12.3. The quantitative estimate of drug-likeness (QED) is 0.505. The molecule has 5 heteroatoms. The molecule has 2 aromatic carbocycles. The highest BCUT2D eigenvalue weighted by Gasteiger charge is 2.27. The number of methoxy groups -OCH3 is 1. The van der Waals surface area contributed by atoms with Crippen molar-refractivity contribution in [2.75, 3.05) is 7.11 Å². The molecule has 0 N–H and O–H groups in total. The highest BCUT2D eigenvalue weighted by Crippen LogP contribution is 2.28. The van der Waals surface area contributed by atoms with Gasteiger partial charge in [-0.15, -0.1) is 17.0 Å². The van der Waals surface area contributed by atoms with E-state index >= 15 is 0 Å². The summed E-state index contributed by atoms with van der Waals surface area (Å²) in [5, 5.41) is 0.764. The Morgan fingerprint density at radius 2 is 1.69 bits per heavy atom. The molecule has 3 nitrogen and oxygen atoms in total. The Morgan fingerprint density at radius 1 is 0.962 bits per heavy atom. The molecule has 0 spiro atoms. The van der Waals surface area contributed by atoms with Gasteiger partial charge in [-0.25, -0.2) is 4.57 Å². The molecule has 4 rings (SSSR count). The molecule has 1 aliphatic heterocycles. The first-order valence-electron chi connectivity index (χ1n) is 8.81. The second-order valence-electron chi connectivity index (χ2n) is 6.47. The molecule has 0 radical (unpaired) electrons. The number of rotatable bonds is 3. The van der Waals surface area contributed by atoms with E-state index in [1.165, 1.54) is 42.0 Å². The van der Waals surface area contributed by atoms with E-state index < -0.39 is 0 Å². The fourth-order valence-electron chi connectivity index (χ4n) is 3.58. The Labute approximate surface area is 170 Å². The molecular formula is C21H23BrClN2O+. The van der Waals surface area contributed by atoms with Gasteiger partial charge < -0.3 is 4.74 Å². The topological polar surface area (TPSA) is 18.0 Å².